The smallest absolute Gasteiger partial charge is 0.387 e. The molecule has 1 aliphatic rings. The molecule has 0 radical (unpaired) electrons. The highest BCUT2D eigenvalue weighted by molar-refractivity contribution is 5.76. The third-order valence-electron chi connectivity index (χ3n) is 5.26. The number of nitrogens with zero attached hydrogens (tertiary/aromatic N) is 1. The number of carbonyl (C=O) groups is 1. The molecule has 1 atom stereocenters. The highest BCUT2D eigenvalue weighted by Crippen LogP contribution is 2.24. The molecule has 156 valence electrons. The van der Waals surface area contributed by atoms with Gasteiger partial charge in [-0.15, -0.1) is 0 Å². The van der Waals surface area contributed by atoms with Crippen LogP contribution in [0.4, 0.5) is 8.78 Å². The van der Waals surface area contributed by atoms with Gasteiger partial charge < -0.3 is 10.1 Å². The molecule has 0 aromatic heterocycles. The van der Waals surface area contributed by atoms with E-state index in [2.05, 4.69) is 15.0 Å². The summed E-state index contributed by atoms with van der Waals surface area (Å²) < 4.78 is 29.9. The van der Waals surface area contributed by atoms with Crippen molar-refractivity contribution in [1.29, 1.82) is 0 Å². The lowest BCUT2D eigenvalue weighted by molar-refractivity contribution is -0.121. The topological polar surface area (TPSA) is 41.6 Å². The zero-order chi connectivity index (χ0) is 20.5. The standard InChI is InChI=1S/C23H28F2N2O2/c24-23(25)29-21-11-5-4-10-20(21)17-27-14-6-9-19(16-27)15-26-22(28)13-12-18-7-2-1-3-8-18/h1-5,7-8,10-11,19,23H,6,9,12-17H2,(H,26,28)/t19-/m1/s1. The van der Waals surface area contributed by atoms with Crippen molar-refractivity contribution >= 4 is 5.91 Å². The van der Waals surface area contributed by atoms with E-state index in [-0.39, 0.29) is 11.7 Å². The van der Waals surface area contributed by atoms with Gasteiger partial charge in [0.2, 0.25) is 5.91 Å². The summed E-state index contributed by atoms with van der Waals surface area (Å²) in [7, 11) is 0. The van der Waals surface area contributed by atoms with Gasteiger partial charge in [-0.2, -0.15) is 8.78 Å². The summed E-state index contributed by atoms with van der Waals surface area (Å²) >= 11 is 0. The van der Waals surface area contributed by atoms with Crippen LogP contribution in [0.1, 0.15) is 30.4 Å². The monoisotopic (exact) mass is 402 g/mol. The minimum atomic E-state index is -2.82. The first-order valence-corrected chi connectivity index (χ1v) is 10.2. The lowest BCUT2D eigenvalue weighted by Gasteiger charge is -2.33. The fourth-order valence-electron chi connectivity index (χ4n) is 3.80. The normalized spacial score (nSPS) is 17.3. The van der Waals surface area contributed by atoms with Crippen LogP contribution in [0, 0.1) is 5.92 Å². The molecule has 1 fully saturated rings. The number of carbonyl (C=O) groups excluding carboxylic acids is 1. The van der Waals surface area contributed by atoms with Gasteiger partial charge in [0, 0.05) is 31.6 Å². The maximum absolute atomic E-state index is 12.6. The summed E-state index contributed by atoms with van der Waals surface area (Å²) in [5, 5.41) is 3.06. The number of halogens is 2. The van der Waals surface area contributed by atoms with Crippen LogP contribution in [-0.4, -0.2) is 37.1 Å². The number of ether oxygens (including phenoxy) is 1. The molecule has 1 amide bonds. The number of amides is 1. The Morgan fingerprint density at radius 1 is 1.14 bits per heavy atom. The second-order valence-electron chi connectivity index (χ2n) is 7.52. The molecular formula is C23H28F2N2O2. The van der Waals surface area contributed by atoms with Crippen LogP contribution in [-0.2, 0) is 17.8 Å². The van der Waals surface area contributed by atoms with Gasteiger partial charge in [-0.1, -0.05) is 48.5 Å². The van der Waals surface area contributed by atoms with Crippen molar-refractivity contribution in [1.82, 2.24) is 10.2 Å². The molecule has 1 saturated heterocycles. The van der Waals surface area contributed by atoms with Crippen LogP contribution in [0.3, 0.4) is 0 Å². The van der Waals surface area contributed by atoms with Gasteiger partial charge in [-0.05, 0) is 43.4 Å². The summed E-state index contributed by atoms with van der Waals surface area (Å²) in [5.74, 6) is 0.674. The Bertz CT molecular complexity index is 770. The Balaban J connectivity index is 1.44. The molecule has 29 heavy (non-hydrogen) atoms. The highest BCUT2D eigenvalue weighted by atomic mass is 19.3. The number of nitrogens with one attached hydrogen (secondary N) is 1. The Labute approximate surface area is 170 Å². The minimum absolute atomic E-state index is 0.0710. The van der Waals surface area contributed by atoms with Gasteiger partial charge in [0.05, 0.1) is 0 Å². The first-order chi connectivity index (χ1) is 14.1. The highest BCUT2D eigenvalue weighted by Gasteiger charge is 2.21. The molecule has 0 saturated carbocycles. The van der Waals surface area contributed by atoms with E-state index in [1.165, 1.54) is 0 Å². The molecule has 2 aromatic rings. The van der Waals surface area contributed by atoms with E-state index < -0.39 is 6.61 Å². The number of hydrogen-bond acceptors (Lipinski definition) is 3. The Kier molecular flexibility index (Phi) is 7.99. The maximum atomic E-state index is 12.6. The maximum Gasteiger partial charge on any atom is 0.387 e. The first kappa shape index (κ1) is 21.2. The number of rotatable bonds is 9. The third kappa shape index (κ3) is 7.13. The lowest BCUT2D eigenvalue weighted by atomic mass is 9.97. The molecule has 6 heteroatoms. The number of alkyl halides is 2. The average Bonchev–Trinajstić information content (AvgIpc) is 2.73. The van der Waals surface area contributed by atoms with Crippen LogP contribution in [0.2, 0.25) is 0 Å². The van der Waals surface area contributed by atoms with Crippen molar-refractivity contribution in [3.05, 3.63) is 65.7 Å². The van der Waals surface area contributed by atoms with Crippen LogP contribution < -0.4 is 10.1 Å². The zero-order valence-corrected chi connectivity index (χ0v) is 16.5. The summed E-state index contributed by atoms with van der Waals surface area (Å²) in [4.78, 5) is 14.4. The van der Waals surface area contributed by atoms with Crippen LogP contribution in [0.25, 0.3) is 0 Å². The zero-order valence-electron chi connectivity index (χ0n) is 16.5. The average molecular weight is 402 g/mol. The second kappa shape index (κ2) is 10.9. The van der Waals surface area contributed by atoms with E-state index in [1.54, 1.807) is 12.1 Å². The second-order valence-corrected chi connectivity index (χ2v) is 7.52. The van der Waals surface area contributed by atoms with E-state index in [0.29, 0.717) is 25.4 Å². The van der Waals surface area contributed by atoms with Crippen LogP contribution in [0.15, 0.2) is 54.6 Å². The minimum Gasteiger partial charge on any atom is -0.434 e. The molecule has 3 rings (SSSR count). The van der Waals surface area contributed by atoms with Crippen molar-refractivity contribution in [2.45, 2.75) is 38.8 Å². The predicted octanol–water partition coefficient (Wildman–Crippen LogP) is 4.25. The van der Waals surface area contributed by atoms with Gasteiger partial charge in [0.25, 0.3) is 0 Å². The largest absolute Gasteiger partial charge is 0.434 e. The van der Waals surface area contributed by atoms with Gasteiger partial charge >= 0.3 is 6.61 Å². The van der Waals surface area contributed by atoms with E-state index in [1.807, 2.05) is 42.5 Å². The summed E-state index contributed by atoms with van der Waals surface area (Å²) in [6.07, 6.45) is 3.32. The number of aryl methyl sites for hydroxylation is 1. The van der Waals surface area contributed by atoms with Crippen LogP contribution in [0.5, 0.6) is 5.75 Å². The van der Waals surface area contributed by atoms with E-state index in [0.717, 1.165) is 43.5 Å². The lowest BCUT2D eigenvalue weighted by Crippen LogP contribution is -2.40. The molecule has 2 aromatic carbocycles. The SMILES string of the molecule is O=C(CCc1ccccc1)NC[C@H]1CCCN(Cc2ccccc2OC(F)F)C1. The van der Waals surface area contributed by atoms with E-state index in [9.17, 15) is 13.6 Å². The van der Waals surface area contributed by atoms with E-state index in [4.69, 9.17) is 0 Å². The third-order valence-corrected chi connectivity index (χ3v) is 5.26. The summed E-state index contributed by atoms with van der Waals surface area (Å²) in [6.45, 7) is 0.153. The molecule has 1 heterocycles. The summed E-state index contributed by atoms with van der Waals surface area (Å²) in [5.41, 5.74) is 1.93. The van der Waals surface area contributed by atoms with Gasteiger partial charge in [-0.25, -0.2) is 0 Å². The van der Waals surface area contributed by atoms with E-state index >= 15 is 0 Å². The Morgan fingerprint density at radius 3 is 2.69 bits per heavy atom. The molecular weight excluding hydrogens is 374 g/mol. The fourth-order valence-corrected chi connectivity index (χ4v) is 3.80. The Hall–Kier alpha value is -2.47. The van der Waals surface area contributed by atoms with Crippen LogP contribution >= 0.6 is 0 Å². The fraction of sp³-hybridized carbons (Fsp3) is 0.435. The Morgan fingerprint density at radius 2 is 1.90 bits per heavy atom. The molecule has 1 N–H and O–H groups in total. The van der Waals surface area contributed by atoms with Crippen molar-refractivity contribution < 1.29 is 18.3 Å². The molecule has 4 nitrogen and oxygen atoms in total. The summed E-state index contributed by atoms with van der Waals surface area (Å²) in [6, 6.07) is 16.9. The first-order valence-electron chi connectivity index (χ1n) is 10.2. The number of likely N-dealkylation sites (tertiary alicyclic amines) is 1. The quantitative estimate of drug-likeness (QED) is 0.682. The van der Waals surface area contributed by atoms with Crippen molar-refractivity contribution in [3.8, 4) is 5.75 Å². The van der Waals surface area contributed by atoms with Gasteiger partial charge in [-0.3, -0.25) is 9.69 Å². The van der Waals surface area contributed by atoms with Gasteiger partial charge in [0.1, 0.15) is 5.75 Å². The molecule has 0 spiro atoms. The number of para-hydroxylation sites is 1. The van der Waals surface area contributed by atoms with Crippen molar-refractivity contribution in [3.63, 3.8) is 0 Å². The molecule has 0 bridgehead atoms. The number of benzene rings is 2. The molecule has 0 unspecified atom stereocenters. The van der Waals surface area contributed by atoms with Crippen molar-refractivity contribution in [2.75, 3.05) is 19.6 Å². The molecule has 0 aliphatic carbocycles. The number of piperidine rings is 1. The van der Waals surface area contributed by atoms with Gasteiger partial charge in [0.15, 0.2) is 0 Å². The number of hydrogen-bond donors (Lipinski definition) is 1. The predicted molar refractivity (Wildman–Crippen MR) is 109 cm³/mol. The molecule has 1 aliphatic heterocycles. The van der Waals surface area contributed by atoms with Crippen molar-refractivity contribution in [2.24, 2.45) is 5.92 Å².